The van der Waals surface area contributed by atoms with Crippen LogP contribution in [0.2, 0.25) is 5.04 Å². The van der Waals surface area contributed by atoms with Crippen LogP contribution in [0.5, 0.6) is 0 Å². The van der Waals surface area contributed by atoms with Crippen LogP contribution in [0.3, 0.4) is 0 Å². The highest BCUT2D eigenvalue weighted by molar-refractivity contribution is 9.10. The molecule has 1 saturated heterocycles. The Balaban J connectivity index is 1.58. The lowest BCUT2D eigenvalue weighted by atomic mass is 9.76. The Morgan fingerprint density at radius 2 is 1.42 bits per heavy atom. The molecule has 3 aromatic rings. The van der Waals surface area contributed by atoms with E-state index in [9.17, 15) is 9.90 Å². The summed E-state index contributed by atoms with van der Waals surface area (Å²) < 4.78 is 24.8. The summed E-state index contributed by atoms with van der Waals surface area (Å²) in [4.78, 5) is 12.7. The van der Waals surface area contributed by atoms with Crippen LogP contribution in [0.1, 0.15) is 73.8 Å². The van der Waals surface area contributed by atoms with Crippen molar-refractivity contribution in [2.45, 2.75) is 109 Å². The third-order valence-corrected chi connectivity index (χ3v) is 16.7. The molecule has 3 aromatic carbocycles. The maximum Gasteiger partial charge on any atom is 0.325 e. The molecule has 0 bridgehead atoms. The van der Waals surface area contributed by atoms with Crippen molar-refractivity contribution in [2.75, 3.05) is 13.7 Å². The first-order chi connectivity index (χ1) is 23.6. The van der Waals surface area contributed by atoms with Crippen molar-refractivity contribution >= 4 is 40.6 Å². The van der Waals surface area contributed by atoms with E-state index in [-0.39, 0.29) is 35.0 Å². The zero-order valence-corrected chi connectivity index (χ0v) is 34.1. The fourth-order valence-corrected chi connectivity index (χ4v) is 13.2. The van der Waals surface area contributed by atoms with Crippen LogP contribution in [0, 0.1) is 23.7 Å². The third-order valence-electron chi connectivity index (χ3n) is 10.9. The van der Waals surface area contributed by atoms with Gasteiger partial charge < -0.3 is 23.7 Å². The summed E-state index contributed by atoms with van der Waals surface area (Å²) >= 11 is 3.48. The number of hydrogen-bond donors (Lipinski definition) is 1. The van der Waals surface area contributed by atoms with Gasteiger partial charge in [0.25, 0.3) is 8.32 Å². The minimum atomic E-state index is -2.69. The lowest BCUT2D eigenvalue weighted by Crippen LogP contribution is -2.67. The van der Waals surface area contributed by atoms with Gasteiger partial charge in [-0.15, -0.1) is 0 Å². The van der Waals surface area contributed by atoms with Crippen LogP contribution in [0.25, 0.3) is 0 Å². The molecule has 274 valence electrons. The van der Waals surface area contributed by atoms with E-state index in [1.54, 1.807) is 6.92 Å². The molecule has 9 atom stereocenters. The lowest BCUT2D eigenvalue weighted by Gasteiger charge is -2.46. The number of rotatable bonds is 15. The molecule has 0 aromatic heterocycles. The molecule has 4 rings (SSSR count). The van der Waals surface area contributed by atoms with Gasteiger partial charge in [-0.2, -0.15) is 0 Å². The van der Waals surface area contributed by atoms with Crippen LogP contribution in [0.4, 0.5) is 0 Å². The van der Waals surface area contributed by atoms with Crippen molar-refractivity contribution in [1.29, 1.82) is 0 Å². The van der Waals surface area contributed by atoms with Crippen LogP contribution in [-0.4, -0.2) is 61.9 Å². The van der Waals surface area contributed by atoms with Gasteiger partial charge in [-0.3, -0.25) is 4.79 Å². The molecule has 6 nitrogen and oxygen atoms in total. The number of benzene rings is 3. The van der Waals surface area contributed by atoms with E-state index in [4.69, 9.17) is 18.6 Å². The van der Waals surface area contributed by atoms with Gasteiger partial charge in [-0.1, -0.05) is 155 Å². The maximum absolute atomic E-state index is 12.7. The molecule has 8 heteroatoms. The summed E-state index contributed by atoms with van der Waals surface area (Å²) in [5.74, 6) is -0.579. The number of hydrogen-bond acceptors (Lipinski definition) is 6. The van der Waals surface area contributed by atoms with Crippen molar-refractivity contribution in [3.05, 3.63) is 96.6 Å². The van der Waals surface area contributed by atoms with E-state index in [0.29, 0.717) is 13.2 Å². The van der Waals surface area contributed by atoms with Crippen molar-refractivity contribution in [3.8, 4) is 0 Å². The molecule has 0 aliphatic carbocycles. The Hall–Kier alpha value is -2.33. The molecule has 50 heavy (non-hydrogen) atoms. The Morgan fingerprint density at radius 3 is 1.92 bits per heavy atom. The Labute approximate surface area is 310 Å². The smallest absolute Gasteiger partial charge is 0.325 e. The predicted octanol–water partition coefficient (Wildman–Crippen LogP) is 7.93. The molecule has 1 unspecified atom stereocenters. The van der Waals surface area contributed by atoms with Crippen LogP contribution < -0.4 is 10.4 Å². The van der Waals surface area contributed by atoms with E-state index in [1.165, 1.54) is 17.5 Å². The largest absolute Gasteiger partial charge is 0.468 e. The normalized spacial score (nSPS) is 22.8. The van der Waals surface area contributed by atoms with Crippen LogP contribution >= 0.6 is 15.9 Å². The summed E-state index contributed by atoms with van der Waals surface area (Å²) in [5, 5.41) is 14.0. The van der Waals surface area contributed by atoms with Crippen molar-refractivity contribution < 1.29 is 28.5 Å². The molecule has 1 N–H and O–H groups in total. The Kier molecular flexibility index (Phi) is 14.1. The molecule has 1 heterocycles. The van der Waals surface area contributed by atoms with E-state index in [1.807, 2.05) is 37.3 Å². The van der Waals surface area contributed by atoms with Gasteiger partial charge in [0.1, 0.15) is 4.32 Å². The molecule has 0 saturated carbocycles. The Morgan fingerprint density at radius 1 is 0.900 bits per heavy atom. The molecule has 1 aliphatic rings. The zero-order valence-electron chi connectivity index (χ0n) is 31.5. The standard InChI is InChI=1S/C42H59BrO6Si/c1-29-25-26-36(30(2)27-48-50(41(5,6)7,34-21-15-11-16-22-34)35-23-17-12-18-24-35)49-37(29)31(3)38(47-28-33-19-13-10-14-20-33)32(4)39(44)42(8,43)40(45)46-9/h10-24,29-32,36-39,44H,25-28H2,1-9H3/t29-,30+,31+,32+,36-,37-,38+,39+,42?/m0/s1. The highest BCUT2D eigenvalue weighted by atomic mass is 79.9. The second kappa shape index (κ2) is 17.5. The van der Waals surface area contributed by atoms with E-state index < -0.39 is 36.7 Å². The quantitative estimate of drug-likeness (QED) is 0.0963. The first-order valence-corrected chi connectivity index (χ1v) is 20.9. The second-order valence-electron chi connectivity index (χ2n) is 15.6. The highest BCUT2D eigenvalue weighted by Gasteiger charge is 2.51. The minimum Gasteiger partial charge on any atom is -0.468 e. The molecular formula is C42H59BrO6Si. The molecule has 0 spiro atoms. The molecule has 1 aliphatic heterocycles. The molecule has 0 radical (unpaired) electrons. The van der Waals surface area contributed by atoms with Gasteiger partial charge in [-0.25, -0.2) is 0 Å². The van der Waals surface area contributed by atoms with Gasteiger partial charge >= 0.3 is 5.97 Å². The number of methoxy groups -OCH3 is 1. The first kappa shape index (κ1) is 40.4. The number of carbonyl (C=O) groups excluding carboxylic acids is 1. The number of aliphatic hydroxyl groups is 1. The first-order valence-electron chi connectivity index (χ1n) is 18.2. The summed E-state index contributed by atoms with van der Waals surface area (Å²) in [6.45, 7) is 18.2. The average molecular weight is 768 g/mol. The van der Waals surface area contributed by atoms with Crippen LogP contribution in [-0.2, 0) is 30.0 Å². The van der Waals surface area contributed by atoms with Crippen molar-refractivity contribution in [1.82, 2.24) is 0 Å². The molecule has 1 fully saturated rings. The summed E-state index contributed by atoms with van der Waals surface area (Å²) in [6.07, 6.45) is 0.394. The second-order valence-corrected chi connectivity index (χ2v) is 21.6. The number of esters is 1. The SMILES string of the molecule is COC(=O)C(C)(Br)[C@H](O)[C@H](C)[C@H](OCc1ccccc1)[C@H](C)[C@H]1O[C@H]([C@H](C)CO[Si](c2ccccc2)(c2ccccc2)C(C)(C)C)CC[C@@H]1C. The topological polar surface area (TPSA) is 74.2 Å². The highest BCUT2D eigenvalue weighted by Crippen LogP contribution is 2.41. The third kappa shape index (κ3) is 8.99. The van der Waals surface area contributed by atoms with Crippen LogP contribution in [0.15, 0.2) is 91.0 Å². The average Bonchev–Trinajstić information content (AvgIpc) is 3.11. The monoisotopic (exact) mass is 766 g/mol. The Bertz CT molecular complexity index is 1420. The summed E-state index contributed by atoms with van der Waals surface area (Å²) in [6, 6.07) is 31.6. The van der Waals surface area contributed by atoms with Gasteiger partial charge in [0.15, 0.2) is 0 Å². The number of aliphatic hydroxyl groups excluding tert-OH is 1. The van der Waals surface area contributed by atoms with E-state index in [0.717, 1.165) is 18.4 Å². The van der Waals surface area contributed by atoms with Gasteiger partial charge in [0.05, 0.1) is 38.1 Å². The van der Waals surface area contributed by atoms with E-state index >= 15 is 0 Å². The molecular weight excluding hydrogens is 708 g/mol. The predicted molar refractivity (Wildman–Crippen MR) is 208 cm³/mol. The molecule has 0 amide bonds. The summed E-state index contributed by atoms with van der Waals surface area (Å²) in [5.41, 5.74) is 1.05. The fourth-order valence-electron chi connectivity index (χ4n) is 7.91. The van der Waals surface area contributed by atoms with Crippen molar-refractivity contribution in [2.24, 2.45) is 23.7 Å². The fraction of sp³-hybridized carbons (Fsp3) is 0.548. The van der Waals surface area contributed by atoms with Gasteiger partial charge in [0.2, 0.25) is 0 Å². The summed E-state index contributed by atoms with van der Waals surface area (Å²) in [7, 11) is -1.36. The number of ether oxygens (including phenoxy) is 3. The lowest BCUT2D eigenvalue weighted by molar-refractivity contribution is -0.169. The van der Waals surface area contributed by atoms with Gasteiger partial charge in [-0.05, 0) is 46.7 Å². The maximum atomic E-state index is 12.7. The van der Waals surface area contributed by atoms with E-state index in [2.05, 4.69) is 118 Å². The van der Waals surface area contributed by atoms with Crippen molar-refractivity contribution in [3.63, 3.8) is 0 Å². The number of alkyl halides is 1. The minimum absolute atomic E-state index is 0.00313. The zero-order chi connectivity index (χ0) is 36.7. The number of halogens is 1. The van der Waals surface area contributed by atoms with Gasteiger partial charge in [0, 0.05) is 24.4 Å². The number of carbonyl (C=O) groups is 1.